The molecule has 0 aliphatic heterocycles. The monoisotopic (exact) mass is 460 g/mol. The highest BCUT2D eigenvalue weighted by molar-refractivity contribution is 5.85. The predicted octanol–water partition coefficient (Wildman–Crippen LogP) is 4.35. The van der Waals surface area contributed by atoms with Crippen LogP contribution in [-0.4, -0.2) is 48.8 Å². The van der Waals surface area contributed by atoms with Crippen LogP contribution in [0, 0.1) is 0 Å². The second-order valence-electron chi connectivity index (χ2n) is 6.91. The van der Waals surface area contributed by atoms with E-state index >= 15 is 0 Å². The number of ether oxygens (including phenoxy) is 2. The zero-order valence-corrected chi connectivity index (χ0v) is 20.3. The molecule has 0 rings (SSSR count). The SMILES string of the molecule is CCCCCN(C(C)OC(=O)NCCCC)C(C)(N)OC(=O)NCCCC.Cl.Cl. The summed E-state index contributed by atoms with van der Waals surface area (Å²) in [6.07, 6.45) is 4.91. The smallest absolute Gasteiger partial charge is 0.409 e. The van der Waals surface area contributed by atoms with Crippen LogP contribution in [0.15, 0.2) is 0 Å². The van der Waals surface area contributed by atoms with E-state index in [1.165, 1.54) is 0 Å². The van der Waals surface area contributed by atoms with Crippen molar-refractivity contribution in [3.05, 3.63) is 0 Å². The van der Waals surface area contributed by atoms with Gasteiger partial charge in [-0.1, -0.05) is 46.5 Å². The first-order valence-electron chi connectivity index (χ1n) is 10.2. The third-order valence-electron chi connectivity index (χ3n) is 4.19. The number of alkyl carbamates (subject to hydrolysis) is 2. The normalized spacial score (nSPS) is 13.3. The lowest BCUT2D eigenvalue weighted by atomic mass is 10.2. The first-order valence-corrected chi connectivity index (χ1v) is 10.2. The van der Waals surface area contributed by atoms with Crippen LogP contribution in [-0.2, 0) is 9.47 Å². The molecule has 2 unspecified atom stereocenters. The van der Waals surface area contributed by atoms with E-state index in [1.807, 2.05) is 13.8 Å². The lowest BCUT2D eigenvalue weighted by Gasteiger charge is -2.40. The lowest BCUT2D eigenvalue weighted by Crippen LogP contribution is -2.61. The van der Waals surface area contributed by atoms with Gasteiger partial charge in [-0.25, -0.2) is 14.5 Å². The fourth-order valence-corrected chi connectivity index (χ4v) is 2.57. The minimum atomic E-state index is -1.40. The van der Waals surface area contributed by atoms with Gasteiger partial charge in [0.15, 0.2) is 6.23 Å². The third-order valence-corrected chi connectivity index (χ3v) is 4.19. The van der Waals surface area contributed by atoms with Crippen LogP contribution in [0.2, 0.25) is 0 Å². The second kappa shape index (κ2) is 19.0. The van der Waals surface area contributed by atoms with E-state index in [0.717, 1.165) is 44.9 Å². The van der Waals surface area contributed by atoms with Gasteiger partial charge in [0.25, 0.3) is 0 Å². The van der Waals surface area contributed by atoms with Gasteiger partial charge in [0.2, 0.25) is 5.85 Å². The molecule has 2 amide bonds. The van der Waals surface area contributed by atoms with Crippen molar-refractivity contribution in [1.82, 2.24) is 15.5 Å². The third kappa shape index (κ3) is 15.5. The zero-order chi connectivity index (χ0) is 20.7. The van der Waals surface area contributed by atoms with Gasteiger partial charge in [0.05, 0.1) is 0 Å². The summed E-state index contributed by atoms with van der Waals surface area (Å²) < 4.78 is 10.9. The van der Waals surface area contributed by atoms with Crippen molar-refractivity contribution in [2.45, 2.75) is 91.6 Å². The van der Waals surface area contributed by atoms with Crippen molar-refractivity contribution >= 4 is 37.0 Å². The predicted molar refractivity (Wildman–Crippen MR) is 122 cm³/mol. The Labute approximate surface area is 188 Å². The average molecular weight is 461 g/mol. The molecule has 2 atom stereocenters. The molecule has 29 heavy (non-hydrogen) atoms. The zero-order valence-electron chi connectivity index (χ0n) is 18.6. The van der Waals surface area contributed by atoms with Crippen LogP contribution in [0.4, 0.5) is 9.59 Å². The fraction of sp³-hybridized carbons (Fsp3) is 0.895. The van der Waals surface area contributed by atoms with Gasteiger partial charge in [-0.05, 0) is 26.2 Å². The summed E-state index contributed by atoms with van der Waals surface area (Å²) in [6.45, 7) is 11.2. The first-order chi connectivity index (χ1) is 12.8. The number of nitrogens with zero attached hydrogens (tertiary/aromatic N) is 1. The van der Waals surface area contributed by atoms with E-state index in [0.29, 0.717) is 19.6 Å². The quantitative estimate of drug-likeness (QED) is 0.262. The number of carbonyl (C=O) groups is 2. The molecule has 0 aromatic heterocycles. The van der Waals surface area contributed by atoms with E-state index in [1.54, 1.807) is 18.7 Å². The minimum absolute atomic E-state index is 0. The van der Waals surface area contributed by atoms with Gasteiger partial charge in [0.1, 0.15) is 0 Å². The number of nitrogens with two attached hydrogens (primary N) is 1. The number of rotatable bonds is 14. The Bertz CT molecular complexity index is 429. The summed E-state index contributed by atoms with van der Waals surface area (Å²) in [5.41, 5.74) is 6.28. The Morgan fingerprint density at radius 2 is 1.41 bits per heavy atom. The number of carbonyl (C=O) groups excluding carboxylic acids is 2. The summed E-state index contributed by atoms with van der Waals surface area (Å²) >= 11 is 0. The maximum Gasteiger partial charge on any atom is 0.409 e. The van der Waals surface area contributed by atoms with Gasteiger partial charge < -0.3 is 20.1 Å². The second-order valence-corrected chi connectivity index (χ2v) is 6.91. The lowest BCUT2D eigenvalue weighted by molar-refractivity contribution is -0.159. The van der Waals surface area contributed by atoms with Crippen molar-refractivity contribution in [2.24, 2.45) is 5.73 Å². The molecule has 0 spiro atoms. The van der Waals surface area contributed by atoms with Crippen LogP contribution in [0.25, 0.3) is 0 Å². The average Bonchev–Trinajstić information content (AvgIpc) is 2.58. The molecule has 0 saturated carbocycles. The largest absolute Gasteiger partial charge is 0.430 e. The highest BCUT2D eigenvalue weighted by atomic mass is 35.5. The van der Waals surface area contributed by atoms with Gasteiger partial charge in [-0.3, -0.25) is 5.73 Å². The molecule has 0 aliphatic rings. The molecule has 8 nitrogen and oxygen atoms in total. The fourth-order valence-electron chi connectivity index (χ4n) is 2.57. The molecule has 0 radical (unpaired) electrons. The molecular weight excluding hydrogens is 419 g/mol. The summed E-state index contributed by atoms with van der Waals surface area (Å²) in [5, 5.41) is 5.40. The Balaban J connectivity index is -0.00000338. The summed E-state index contributed by atoms with van der Waals surface area (Å²) in [7, 11) is 0. The van der Waals surface area contributed by atoms with Gasteiger partial charge >= 0.3 is 12.2 Å². The maximum absolute atomic E-state index is 12.0. The molecule has 0 heterocycles. The molecular formula is C19H42Cl2N4O4. The summed E-state index contributed by atoms with van der Waals surface area (Å²) in [6, 6.07) is 0. The molecule has 176 valence electrons. The first kappa shape index (κ1) is 32.7. The Kier molecular flexibility index (Phi) is 21.5. The molecule has 0 saturated heterocycles. The van der Waals surface area contributed by atoms with Crippen LogP contribution >= 0.6 is 24.8 Å². The molecule has 0 fully saturated rings. The van der Waals surface area contributed by atoms with Crippen molar-refractivity contribution < 1.29 is 19.1 Å². The van der Waals surface area contributed by atoms with Crippen LogP contribution in [0.5, 0.6) is 0 Å². The summed E-state index contributed by atoms with van der Waals surface area (Å²) in [5.74, 6) is -1.40. The number of halogens is 2. The highest BCUT2D eigenvalue weighted by Crippen LogP contribution is 2.17. The van der Waals surface area contributed by atoms with Gasteiger partial charge in [-0.15, -0.1) is 24.8 Å². The number of amides is 2. The number of nitrogens with one attached hydrogen (secondary N) is 2. The molecule has 10 heteroatoms. The topological polar surface area (TPSA) is 106 Å². The molecule has 4 N–H and O–H groups in total. The van der Waals surface area contributed by atoms with E-state index < -0.39 is 24.3 Å². The van der Waals surface area contributed by atoms with E-state index in [9.17, 15) is 9.59 Å². The number of unbranched alkanes of at least 4 members (excludes halogenated alkanes) is 4. The molecule has 0 aromatic rings. The minimum Gasteiger partial charge on any atom is -0.430 e. The Hall–Kier alpha value is -0.960. The number of hydrogen-bond acceptors (Lipinski definition) is 6. The van der Waals surface area contributed by atoms with Crippen molar-refractivity contribution in [3.63, 3.8) is 0 Å². The summed E-state index contributed by atoms with van der Waals surface area (Å²) in [4.78, 5) is 25.7. The van der Waals surface area contributed by atoms with Gasteiger partial charge in [0, 0.05) is 26.6 Å². The van der Waals surface area contributed by atoms with E-state index in [-0.39, 0.29) is 24.8 Å². The van der Waals surface area contributed by atoms with Crippen LogP contribution < -0.4 is 16.4 Å². The van der Waals surface area contributed by atoms with E-state index in [2.05, 4.69) is 17.6 Å². The van der Waals surface area contributed by atoms with E-state index in [4.69, 9.17) is 15.2 Å². The standard InChI is InChI=1S/C19H40N4O4.2ClH/c1-6-9-12-15-23(16(4)26-17(24)21-13-10-7-2)19(5,20)27-18(25)22-14-11-8-3;;/h16H,6-15,20H2,1-5H3,(H,21,24)(H,22,25);2*1H. The Morgan fingerprint density at radius 3 is 1.90 bits per heavy atom. The van der Waals surface area contributed by atoms with Gasteiger partial charge in [-0.2, -0.15) is 0 Å². The van der Waals surface area contributed by atoms with Crippen molar-refractivity contribution in [2.75, 3.05) is 19.6 Å². The van der Waals surface area contributed by atoms with Crippen molar-refractivity contribution in [1.29, 1.82) is 0 Å². The molecule has 0 bridgehead atoms. The molecule has 0 aromatic carbocycles. The maximum atomic E-state index is 12.0. The number of hydrogen-bond donors (Lipinski definition) is 3. The molecule has 0 aliphatic carbocycles. The van der Waals surface area contributed by atoms with Crippen molar-refractivity contribution in [3.8, 4) is 0 Å². The Morgan fingerprint density at radius 1 is 0.931 bits per heavy atom. The highest BCUT2D eigenvalue weighted by Gasteiger charge is 2.36. The van der Waals surface area contributed by atoms with Crippen LogP contribution in [0.1, 0.15) is 79.6 Å². The van der Waals surface area contributed by atoms with Crippen LogP contribution in [0.3, 0.4) is 0 Å².